The molecular weight excluding hydrogens is 329 g/mol. The molecule has 1 aromatic rings. The summed E-state index contributed by atoms with van der Waals surface area (Å²) in [6.45, 7) is 3.31. The summed E-state index contributed by atoms with van der Waals surface area (Å²) >= 11 is 5.64. The standard InChI is InChI=1S/C16H20ClF3N2O/c1-11(22-8-4-2-3-5-9-22)15(23)21-14-7-6-12(17)10-13(14)16(18,19)20/h6-7,10-11H,2-5,8-9H2,1H3,(H,21,23). The second-order valence-corrected chi connectivity index (χ2v) is 6.24. The highest BCUT2D eigenvalue weighted by molar-refractivity contribution is 6.30. The van der Waals surface area contributed by atoms with E-state index >= 15 is 0 Å². The second kappa shape index (κ2) is 7.53. The average Bonchev–Trinajstić information content (AvgIpc) is 2.76. The van der Waals surface area contributed by atoms with Crippen molar-refractivity contribution in [2.24, 2.45) is 0 Å². The van der Waals surface area contributed by atoms with Crippen molar-refractivity contribution in [3.8, 4) is 0 Å². The predicted molar refractivity (Wildman–Crippen MR) is 84.6 cm³/mol. The summed E-state index contributed by atoms with van der Waals surface area (Å²) in [4.78, 5) is 14.4. The summed E-state index contributed by atoms with van der Waals surface area (Å²) in [5.41, 5.74) is -1.19. The van der Waals surface area contributed by atoms with Crippen molar-refractivity contribution in [1.82, 2.24) is 4.90 Å². The van der Waals surface area contributed by atoms with E-state index in [2.05, 4.69) is 5.32 Å². The number of nitrogens with zero attached hydrogens (tertiary/aromatic N) is 1. The van der Waals surface area contributed by atoms with E-state index in [-0.39, 0.29) is 10.7 Å². The van der Waals surface area contributed by atoms with Crippen LogP contribution in [-0.2, 0) is 11.0 Å². The molecule has 3 nitrogen and oxygen atoms in total. The molecule has 128 valence electrons. The molecule has 1 unspecified atom stereocenters. The fourth-order valence-electron chi connectivity index (χ4n) is 2.75. The van der Waals surface area contributed by atoms with E-state index in [0.717, 1.165) is 44.8 Å². The van der Waals surface area contributed by atoms with Crippen molar-refractivity contribution in [3.63, 3.8) is 0 Å². The van der Waals surface area contributed by atoms with Crippen LogP contribution in [0.15, 0.2) is 18.2 Å². The third-order valence-electron chi connectivity index (χ3n) is 4.11. The summed E-state index contributed by atoms with van der Waals surface area (Å²) in [7, 11) is 0. The van der Waals surface area contributed by atoms with Gasteiger partial charge in [0.2, 0.25) is 5.91 Å². The quantitative estimate of drug-likeness (QED) is 0.868. The lowest BCUT2D eigenvalue weighted by molar-refractivity contribution is -0.137. The molecule has 1 atom stereocenters. The first-order valence-corrected chi connectivity index (χ1v) is 8.08. The number of rotatable bonds is 3. The third-order valence-corrected chi connectivity index (χ3v) is 4.35. The van der Waals surface area contributed by atoms with Crippen molar-refractivity contribution in [3.05, 3.63) is 28.8 Å². The second-order valence-electron chi connectivity index (χ2n) is 5.80. The number of carbonyl (C=O) groups excluding carboxylic acids is 1. The van der Waals surface area contributed by atoms with E-state index < -0.39 is 23.7 Å². The molecule has 1 aromatic carbocycles. The van der Waals surface area contributed by atoms with Gasteiger partial charge in [0.15, 0.2) is 0 Å². The van der Waals surface area contributed by atoms with Gasteiger partial charge in [-0.3, -0.25) is 9.69 Å². The lowest BCUT2D eigenvalue weighted by Gasteiger charge is -2.27. The molecule has 0 saturated carbocycles. The van der Waals surface area contributed by atoms with Crippen LogP contribution in [0.4, 0.5) is 18.9 Å². The third kappa shape index (κ3) is 4.85. The van der Waals surface area contributed by atoms with E-state index in [1.807, 2.05) is 4.90 Å². The molecular formula is C16H20ClF3N2O. The average molecular weight is 349 g/mol. The van der Waals surface area contributed by atoms with Gasteiger partial charge in [0, 0.05) is 5.02 Å². The van der Waals surface area contributed by atoms with Gasteiger partial charge in [0.05, 0.1) is 17.3 Å². The van der Waals surface area contributed by atoms with Gasteiger partial charge >= 0.3 is 6.18 Å². The van der Waals surface area contributed by atoms with Gasteiger partial charge in [-0.05, 0) is 51.1 Å². The van der Waals surface area contributed by atoms with Crippen molar-refractivity contribution in [2.75, 3.05) is 18.4 Å². The fraction of sp³-hybridized carbons (Fsp3) is 0.562. The molecule has 0 spiro atoms. The Balaban J connectivity index is 2.13. The zero-order chi connectivity index (χ0) is 17.0. The molecule has 1 saturated heterocycles. The molecule has 1 amide bonds. The number of likely N-dealkylation sites (tertiary alicyclic amines) is 1. The number of benzene rings is 1. The van der Waals surface area contributed by atoms with Gasteiger partial charge in [0.1, 0.15) is 0 Å². The van der Waals surface area contributed by atoms with E-state index in [1.54, 1.807) is 6.92 Å². The highest BCUT2D eigenvalue weighted by atomic mass is 35.5. The van der Waals surface area contributed by atoms with Gasteiger partial charge < -0.3 is 5.32 Å². The molecule has 1 aliphatic heterocycles. The Hall–Kier alpha value is -1.27. The molecule has 23 heavy (non-hydrogen) atoms. The number of hydrogen-bond acceptors (Lipinski definition) is 2. The summed E-state index contributed by atoms with van der Waals surface area (Å²) in [5.74, 6) is -0.431. The Morgan fingerprint density at radius 1 is 1.22 bits per heavy atom. The highest BCUT2D eigenvalue weighted by Gasteiger charge is 2.34. The van der Waals surface area contributed by atoms with Gasteiger partial charge in [-0.1, -0.05) is 24.4 Å². The van der Waals surface area contributed by atoms with Gasteiger partial charge in [-0.2, -0.15) is 13.2 Å². The smallest absolute Gasteiger partial charge is 0.324 e. The summed E-state index contributed by atoms with van der Waals surface area (Å²) in [6.07, 6.45) is -0.307. The van der Waals surface area contributed by atoms with Crippen molar-refractivity contribution in [1.29, 1.82) is 0 Å². The minimum absolute atomic E-state index is 0.0177. The first kappa shape index (κ1) is 18.1. The minimum atomic E-state index is -4.57. The Kier molecular flexibility index (Phi) is 5.92. The van der Waals surface area contributed by atoms with Crippen LogP contribution in [0, 0.1) is 0 Å². The van der Waals surface area contributed by atoms with Crippen LogP contribution in [0.3, 0.4) is 0 Å². The van der Waals surface area contributed by atoms with Crippen molar-refractivity contribution < 1.29 is 18.0 Å². The molecule has 0 bridgehead atoms. The van der Waals surface area contributed by atoms with E-state index in [0.29, 0.717) is 0 Å². The molecule has 1 fully saturated rings. The van der Waals surface area contributed by atoms with Crippen LogP contribution in [0.1, 0.15) is 38.2 Å². The summed E-state index contributed by atoms with van der Waals surface area (Å²) < 4.78 is 39.2. The molecule has 2 rings (SSSR count). The van der Waals surface area contributed by atoms with E-state index in [1.165, 1.54) is 12.1 Å². The van der Waals surface area contributed by atoms with Gasteiger partial charge in [0.25, 0.3) is 0 Å². The van der Waals surface area contributed by atoms with E-state index in [4.69, 9.17) is 11.6 Å². The number of anilines is 1. The van der Waals surface area contributed by atoms with Crippen LogP contribution in [0.25, 0.3) is 0 Å². The van der Waals surface area contributed by atoms with Crippen LogP contribution in [0.2, 0.25) is 5.02 Å². The van der Waals surface area contributed by atoms with E-state index in [9.17, 15) is 18.0 Å². The maximum atomic E-state index is 13.1. The number of hydrogen-bond donors (Lipinski definition) is 1. The molecule has 0 aliphatic carbocycles. The Labute approximate surface area is 138 Å². The lowest BCUT2D eigenvalue weighted by atomic mass is 10.1. The number of nitrogens with one attached hydrogen (secondary N) is 1. The van der Waals surface area contributed by atoms with Crippen LogP contribution in [-0.4, -0.2) is 29.9 Å². The maximum absolute atomic E-state index is 13.1. The molecule has 1 aliphatic rings. The Morgan fingerprint density at radius 3 is 2.39 bits per heavy atom. The lowest BCUT2D eigenvalue weighted by Crippen LogP contribution is -2.42. The number of amides is 1. The van der Waals surface area contributed by atoms with Crippen LogP contribution >= 0.6 is 11.6 Å². The first-order valence-electron chi connectivity index (χ1n) is 7.70. The Bertz CT molecular complexity index is 555. The monoisotopic (exact) mass is 348 g/mol. The Morgan fingerprint density at radius 2 is 1.83 bits per heavy atom. The minimum Gasteiger partial charge on any atom is -0.324 e. The zero-order valence-electron chi connectivity index (χ0n) is 12.9. The first-order chi connectivity index (χ1) is 10.8. The summed E-state index contributed by atoms with van der Waals surface area (Å²) in [6, 6.07) is 2.89. The number of alkyl halides is 3. The predicted octanol–water partition coefficient (Wildman–Crippen LogP) is 4.56. The van der Waals surface area contributed by atoms with Crippen molar-refractivity contribution >= 4 is 23.2 Å². The molecule has 0 radical (unpaired) electrons. The number of carbonyl (C=O) groups is 1. The van der Waals surface area contributed by atoms with Crippen LogP contribution < -0.4 is 5.32 Å². The van der Waals surface area contributed by atoms with Gasteiger partial charge in [-0.15, -0.1) is 0 Å². The SMILES string of the molecule is CC(C(=O)Nc1ccc(Cl)cc1C(F)(F)F)N1CCCCCC1. The fourth-order valence-corrected chi connectivity index (χ4v) is 2.92. The van der Waals surface area contributed by atoms with Gasteiger partial charge in [-0.25, -0.2) is 0 Å². The summed E-state index contributed by atoms with van der Waals surface area (Å²) in [5, 5.41) is 2.38. The normalized spacial score (nSPS) is 18.3. The topological polar surface area (TPSA) is 32.3 Å². The molecule has 1 heterocycles. The highest BCUT2D eigenvalue weighted by Crippen LogP contribution is 2.36. The molecule has 1 N–H and O–H groups in total. The number of halogens is 4. The van der Waals surface area contributed by atoms with Crippen molar-refractivity contribution in [2.45, 2.75) is 44.8 Å². The largest absolute Gasteiger partial charge is 0.418 e. The van der Waals surface area contributed by atoms with Crippen LogP contribution in [0.5, 0.6) is 0 Å². The zero-order valence-corrected chi connectivity index (χ0v) is 13.7. The maximum Gasteiger partial charge on any atom is 0.418 e. The molecule has 7 heteroatoms. The molecule has 0 aromatic heterocycles.